The number of hydrogen-bond donors (Lipinski definition) is 1. The van der Waals surface area contributed by atoms with Gasteiger partial charge in [-0.15, -0.1) is 0 Å². The van der Waals surface area contributed by atoms with Gasteiger partial charge in [-0.05, 0) is 45.2 Å². The van der Waals surface area contributed by atoms with Crippen molar-refractivity contribution in [3.63, 3.8) is 0 Å². The number of anilines is 1. The third-order valence-electron chi connectivity index (χ3n) is 4.76. The van der Waals surface area contributed by atoms with Crippen molar-refractivity contribution in [1.29, 1.82) is 0 Å². The molecule has 1 saturated carbocycles. The van der Waals surface area contributed by atoms with E-state index in [1.807, 2.05) is 32.0 Å². The largest absolute Gasteiger partial charge is 0.368 e. The highest BCUT2D eigenvalue weighted by Crippen LogP contribution is 2.34. The Kier molecular flexibility index (Phi) is 3.33. The van der Waals surface area contributed by atoms with Crippen LogP contribution in [-0.4, -0.2) is 19.5 Å². The summed E-state index contributed by atoms with van der Waals surface area (Å²) < 4.78 is 1.80. The molecular formula is C18H19N5O. The van der Waals surface area contributed by atoms with Crippen molar-refractivity contribution < 1.29 is 0 Å². The van der Waals surface area contributed by atoms with E-state index in [2.05, 4.69) is 15.0 Å². The summed E-state index contributed by atoms with van der Waals surface area (Å²) in [5, 5.41) is 0.867. The van der Waals surface area contributed by atoms with Crippen LogP contribution in [0.1, 0.15) is 36.7 Å². The molecule has 0 bridgehead atoms. The molecule has 6 heteroatoms. The van der Waals surface area contributed by atoms with Gasteiger partial charge in [0.05, 0.1) is 5.69 Å². The van der Waals surface area contributed by atoms with Crippen molar-refractivity contribution in [3.05, 3.63) is 46.1 Å². The maximum absolute atomic E-state index is 13.2. The molecule has 1 aliphatic rings. The lowest BCUT2D eigenvalue weighted by Crippen LogP contribution is -2.31. The molecule has 24 heavy (non-hydrogen) atoms. The van der Waals surface area contributed by atoms with E-state index in [1.165, 1.54) is 0 Å². The molecule has 0 radical (unpaired) electrons. The predicted octanol–water partition coefficient (Wildman–Crippen LogP) is 2.78. The molecule has 3 heterocycles. The van der Waals surface area contributed by atoms with Gasteiger partial charge in [0.1, 0.15) is 5.65 Å². The van der Waals surface area contributed by atoms with E-state index in [1.54, 1.807) is 10.8 Å². The van der Waals surface area contributed by atoms with Gasteiger partial charge in [0.15, 0.2) is 0 Å². The van der Waals surface area contributed by atoms with E-state index in [4.69, 9.17) is 5.73 Å². The quantitative estimate of drug-likeness (QED) is 0.784. The molecular weight excluding hydrogens is 302 g/mol. The second-order valence-corrected chi connectivity index (χ2v) is 6.41. The highest BCUT2D eigenvalue weighted by Gasteiger charge is 2.25. The third kappa shape index (κ3) is 2.26. The molecule has 3 aromatic rings. The van der Waals surface area contributed by atoms with Gasteiger partial charge in [-0.25, -0.2) is 4.98 Å². The van der Waals surface area contributed by atoms with E-state index in [0.29, 0.717) is 11.2 Å². The fourth-order valence-corrected chi connectivity index (χ4v) is 3.19. The van der Waals surface area contributed by atoms with Crippen molar-refractivity contribution >= 4 is 17.0 Å². The molecule has 0 aliphatic heterocycles. The number of aromatic nitrogens is 4. The van der Waals surface area contributed by atoms with Crippen LogP contribution in [0.4, 0.5) is 5.95 Å². The van der Waals surface area contributed by atoms with E-state index in [0.717, 1.165) is 41.6 Å². The Hall–Kier alpha value is -2.76. The number of nitrogen functional groups attached to an aromatic ring is 1. The topological polar surface area (TPSA) is 86.7 Å². The molecule has 3 aromatic heterocycles. The van der Waals surface area contributed by atoms with Crippen LogP contribution in [0.2, 0.25) is 0 Å². The molecule has 0 saturated heterocycles. The van der Waals surface area contributed by atoms with Gasteiger partial charge in [0, 0.05) is 34.4 Å². The third-order valence-corrected chi connectivity index (χ3v) is 4.76. The van der Waals surface area contributed by atoms with E-state index >= 15 is 0 Å². The molecule has 0 aromatic carbocycles. The van der Waals surface area contributed by atoms with Gasteiger partial charge in [-0.3, -0.25) is 14.3 Å². The summed E-state index contributed by atoms with van der Waals surface area (Å²) in [6.45, 7) is 3.82. The zero-order chi connectivity index (χ0) is 16.8. The molecule has 0 atom stereocenters. The lowest BCUT2D eigenvalue weighted by molar-refractivity contribution is 0.313. The van der Waals surface area contributed by atoms with Crippen molar-refractivity contribution in [3.8, 4) is 11.1 Å². The van der Waals surface area contributed by atoms with Crippen LogP contribution < -0.4 is 11.3 Å². The fraction of sp³-hybridized carbons (Fsp3) is 0.333. The van der Waals surface area contributed by atoms with Crippen LogP contribution in [-0.2, 0) is 0 Å². The van der Waals surface area contributed by atoms with Crippen molar-refractivity contribution in [2.75, 3.05) is 5.73 Å². The second kappa shape index (κ2) is 5.40. The van der Waals surface area contributed by atoms with Crippen LogP contribution in [0, 0.1) is 13.8 Å². The first-order valence-electron chi connectivity index (χ1n) is 8.17. The van der Waals surface area contributed by atoms with Gasteiger partial charge < -0.3 is 5.73 Å². The monoisotopic (exact) mass is 321 g/mol. The Balaban J connectivity index is 2.06. The molecule has 122 valence electrons. The second-order valence-electron chi connectivity index (χ2n) is 6.41. The highest BCUT2D eigenvalue weighted by molar-refractivity contribution is 5.84. The average molecular weight is 321 g/mol. The Morgan fingerprint density at radius 1 is 1.21 bits per heavy atom. The van der Waals surface area contributed by atoms with Gasteiger partial charge in [0.25, 0.3) is 5.56 Å². The van der Waals surface area contributed by atoms with Crippen LogP contribution in [0.3, 0.4) is 0 Å². The number of nitrogens with two attached hydrogens (primary N) is 1. The van der Waals surface area contributed by atoms with Gasteiger partial charge in [0.2, 0.25) is 5.95 Å². The summed E-state index contributed by atoms with van der Waals surface area (Å²) in [7, 11) is 0. The Morgan fingerprint density at radius 2 is 2.00 bits per heavy atom. The summed E-state index contributed by atoms with van der Waals surface area (Å²) in [5.74, 6) is 0.206. The summed E-state index contributed by atoms with van der Waals surface area (Å²) in [4.78, 5) is 26.1. The molecule has 4 rings (SSSR count). The molecule has 6 nitrogen and oxygen atoms in total. The molecule has 0 amide bonds. The normalized spacial score (nSPS) is 14.8. The van der Waals surface area contributed by atoms with Crippen molar-refractivity contribution in [1.82, 2.24) is 19.5 Å². The zero-order valence-electron chi connectivity index (χ0n) is 13.8. The smallest absolute Gasteiger partial charge is 0.260 e. The molecule has 0 spiro atoms. The first-order valence-corrected chi connectivity index (χ1v) is 8.17. The highest BCUT2D eigenvalue weighted by atomic mass is 16.1. The van der Waals surface area contributed by atoms with Gasteiger partial charge in [-0.1, -0.05) is 6.07 Å². The lowest BCUT2D eigenvalue weighted by atomic mass is 9.92. The fourth-order valence-electron chi connectivity index (χ4n) is 3.19. The number of fused-ring (bicyclic) bond motifs is 1. The van der Waals surface area contributed by atoms with E-state index in [-0.39, 0.29) is 17.5 Å². The van der Waals surface area contributed by atoms with E-state index < -0.39 is 0 Å². The molecule has 0 unspecified atom stereocenters. The zero-order valence-corrected chi connectivity index (χ0v) is 13.8. The number of rotatable bonds is 2. The summed E-state index contributed by atoms with van der Waals surface area (Å²) in [5.41, 5.74) is 9.59. The summed E-state index contributed by atoms with van der Waals surface area (Å²) >= 11 is 0. The van der Waals surface area contributed by atoms with Crippen LogP contribution in [0.5, 0.6) is 0 Å². The van der Waals surface area contributed by atoms with Crippen molar-refractivity contribution in [2.45, 2.75) is 39.2 Å². The number of hydrogen-bond acceptors (Lipinski definition) is 5. The number of nitrogens with zero attached hydrogens (tertiary/aromatic N) is 4. The van der Waals surface area contributed by atoms with Gasteiger partial charge in [-0.2, -0.15) is 4.98 Å². The standard InChI is InChI=1S/C18H19N5O/c1-10-6-7-12(9-20-10)15-8-14-11(2)21-18(19)22-16(14)23(17(15)24)13-4-3-5-13/h6-9,13H,3-5H2,1-2H3,(H2,19,21,22). The predicted molar refractivity (Wildman–Crippen MR) is 93.8 cm³/mol. The minimum absolute atomic E-state index is 0.0321. The van der Waals surface area contributed by atoms with E-state index in [9.17, 15) is 4.79 Å². The average Bonchev–Trinajstić information content (AvgIpc) is 2.49. The van der Waals surface area contributed by atoms with Crippen LogP contribution in [0.15, 0.2) is 29.2 Å². The van der Waals surface area contributed by atoms with Crippen LogP contribution in [0.25, 0.3) is 22.2 Å². The Morgan fingerprint density at radius 3 is 2.62 bits per heavy atom. The number of pyridine rings is 2. The summed E-state index contributed by atoms with van der Waals surface area (Å²) in [6, 6.07) is 5.91. The maximum Gasteiger partial charge on any atom is 0.260 e. The maximum atomic E-state index is 13.2. The van der Waals surface area contributed by atoms with Crippen LogP contribution >= 0.6 is 0 Å². The number of aryl methyl sites for hydroxylation is 2. The first-order chi connectivity index (χ1) is 11.5. The SMILES string of the molecule is Cc1ccc(-c2cc3c(C)nc(N)nc3n(C3CCC3)c2=O)cn1. The lowest BCUT2D eigenvalue weighted by Gasteiger charge is -2.29. The van der Waals surface area contributed by atoms with Crippen molar-refractivity contribution in [2.24, 2.45) is 0 Å². The summed E-state index contributed by atoms with van der Waals surface area (Å²) in [6.07, 6.45) is 4.87. The Bertz CT molecular complexity index is 987. The Labute approximate surface area is 139 Å². The minimum atomic E-state index is -0.0321. The minimum Gasteiger partial charge on any atom is -0.368 e. The first kappa shape index (κ1) is 14.8. The molecule has 2 N–H and O–H groups in total. The molecule has 1 fully saturated rings. The van der Waals surface area contributed by atoms with Gasteiger partial charge >= 0.3 is 0 Å². The molecule has 1 aliphatic carbocycles.